The summed E-state index contributed by atoms with van der Waals surface area (Å²) >= 11 is 0. The van der Waals surface area contributed by atoms with Crippen LogP contribution in [-0.2, 0) is 34.3 Å². The maximum atomic E-state index is 12.7. The Hall–Kier alpha value is -2.10. The Balaban J connectivity index is 3.39. The van der Waals surface area contributed by atoms with Gasteiger partial charge in [0.1, 0.15) is 6.16 Å². The largest absolute Gasteiger partial charge is 0.492 e. The highest BCUT2D eigenvalue weighted by atomic mass is 31.2. The average Bonchev–Trinajstić information content (AvgIpc) is 2.72. The van der Waals surface area contributed by atoms with E-state index in [4.69, 9.17) is 32.7 Å². The van der Waals surface area contributed by atoms with Gasteiger partial charge in [0, 0.05) is 25.8 Å². The van der Waals surface area contributed by atoms with Crippen LogP contribution >= 0.6 is 7.60 Å². The molecule has 0 fully saturated rings. The van der Waals surface area contributed by atoms with Gasteiger partial charge in [-0.1, -0.05) is 6.08 Å². The maximum absolute atomic E-state index is 12.7. The summed E-state index contributed by atoms with van der Waals surface area (Å²) < 4.78 is 49.9. The Morgan fingerprint density at radius 3 is 2.19 bits per heavy atom. The summed E-state index contributed by atoms with van der Waals surface area (Å²) in [5.74, 6) is 0.439. The molecule has 0 aliphatic rings. The standard InChI is InChI=1S/C20H32NO9P/c1-7-10-15-19(28-14-25-5)16(11-17(20(15)26-6)27-13-24-4)21-18(22)12-31(23,29-8-2)30-9-3/h7,11H,1,8-10,12-14H2,2-6H3,(H,21,22). The van der Waals surface area contributed by atoms with E-state index in [1.165, 1.54) is 27.4 Å². The lowest BCUT2D eigenvalue weighted by Crippen LogP contribution is -2.20. The van der Waals surface area contributed by atoms with Crippen molar-refractivity contribution < 1.29 is 42.1 Å². The lowest BCUT2D eigenvalue weighted by molar-refractivity contribution is -0.114. The van der Waals surface area contributed by atoms with Crippen molar-refractivity contribution in [2.24, 2.45) is 0 Å². The fraction of sp³-hybridized carbons (Fsp3) is 0.550. The first kappa shape index (κ1) is 26.9. The molecule has 1 aromatic carbocycles. The predicted octanol–water partition coefficient (Wildman–Crippen LogP) is 3.59. The molecular weight excluding hydrogens is 429 g/mol. The van der Waals surface area contributed by atoms with Gasteiger partial charge in [-0.3, -0.25) is 9.36 Å². The Labute approximate surface area is 183 Å². The molecule has 0 bridgehead atoms. The topological polar surface area (TPSA) is 111 Å². The zero-order valence-electron chi connectivity index (χ0n) is 18.7. The highest BCUT2D eigenvalue weighted by Gasteiger charge is 2.29. The number of carbonyl (C=O) groups is 1. The first-order valence-corrected chi connectivity index (χ1v) is 11.4. The van der Waals surface area contributed by atoms with Crippen molar-refractivity contribution in [2.45, 2.75) is 20.3 Å². The zero-order chi connectivity index (χ0) is 23.3. The fourth-order valence-electron chi connectivity index (χ4n) is 2.72. The Kier molecular flexibility index (Phi) is 12.2. The Morgan fingerprint density at radius 2 is 1.68 bits per heavy atom. The quantitative estimate of drug-likeness (QED) is 0.224. The maximum Gasteiger partial charge on any atom is 0.340 e. The number of carbonyl (C=O) groups excluding carboxylic acids is 1. The summed E-state index contributed by atoms with van der Waals surface area (Å²) in [5.41, 5.74) is 0.849. The van der Waals surface area contributed by atoms with Crippen molar-refractivity contribution in [2.75, 3.05) is 59.6 Å². The zero-order valence-corrected chi connectivity index (χ0v) is 19.6. The summed E-state index contributed by atoms with van der Waals surface area (Å²) in [7, 11) is 0.851. The molecule has 0 saturated heterocycles. The van der Waals surface area contributed by atoms with E-state index in [1.807, 2.05) is 0 Å². The molecule has 0 atom stereocenters. The third kappa shape index (κ3) is 8.16. The molecular formula is C20H32NO9P. The van der Waals surface area contributed by atoms with Crippen molar-refractivity contribution in [3.63, 3.8) is 0 Å². The summed E-state index contributed by atoms with van der Waals surface area (Å²) in [6, 6.07) is 1.53. The van der Waals surface area contributed by atoms with Gasteiger partial charge >= 0.3 is 7.60 Å². The van der Waals surface area contributed by atoms with E-state index >= 15 is 0 Å². The molecule has 1 N–H and O–H groups in total. The molecule has 0 aliphatic carbocycles. The van der Waals surface area contributed by atoms with Crippen LogP contribution in [0.15, 0.2) is 18.7 Å². The van der Waals surface area contributed by atoms with Gasteiger partial charge in [0.25, 0.3) is 0 Å². The van der Waals surface area contributed by atoms with Crippen LogP contribution in [0.3, 0.4) is 0 Å². The molecule has 0 radical (unpaired) electrons. The number of hydrogen-bond donors (Lipinski definition) is 1. The minimum absolute atomic E-state index is 0.0422. The van der Waals surface area contributed by atoms with Crippen LogP contribution in [0.2, 0.25) is 0 Å². The molecule has 11 heteroatoms. The van der Waals surface area contributed by atoms with Crippen LogP contribution < -0.4 is 19.5 Å². The normalized spacial score (nSPS) is 11.1. The number of anilines is 1. The summed E-state index contributed by atoms with van der Waals surface area (Å²) in [6.07, 6.45) is 1.54. The second-order valence-electron chi connectivity index (χ2n) is 6.01. The van der Waals surface area contributed by atoms with E-state index in [0.717, 1.165) is 0 Å². The van der Waals surface area contributed by atoms with Crippen LogP contribution in [0.25, 0.3) is 0 Å². The van der Waals surface area contributed by atoms with Crippen LogP contribution in [0.1, 0.15) is 19.4 Å². The van der Waals surface area contributed by atoms with Crippen molar-refractivity contribution in [3.05, 3.63) is 24.3 Å². The Bertz CT molecular complexity index is 760. The summed E-state index contributed by atoms with van der Waals surface area (Å²) in [6.45, 7) is 7.27. The highest BCUT2D eigenvalue weighted by Crippen LogP contribution is 2.48. The second kappa shape index (κ2) is 14.1. The molecule has 10 nitrogen and oxygen atoms in total. The highest BCUT2D eigenvalue weighted by molar-refractivity contribution is 7.54. The van der Waals surface area contributed by atoms with Crippen LogP contribution in [0, 0.1) is 0 Å². The van der Waals surface area contributed by atoms with Gasteiger partial charge in [0.05, 0.1) is 26.0 Å². The fourth-order valence-corrected chi connectivity index (χ4v) is 4.20. The summed E-state index contributed by atoms with van der Waals surface area (Å²) in [5, 5.41) is 2.70. The van der Waals surface area contributed by atoms with Crippen LogP contribution in [0.4, 0.5) is 5.69 Å². The molecule has 1 rings (SSSR count). The molecule has 1 amide bonds. The van der Waals surface area contributed by atoms with Crippen molar-refractivity contribution in [3.8, 4) is 17.2 Å². The monoisotopic (exact) mass is 461 g/mol. The first-order chi connectivity index (χ1) is 14.9. The van der Waals surface area contributed by atoms with E-state index in [0.29, 0.717) is 29.2 Å². The molecule has 1 aromatic rings. The van der Waals surface area contributed by atoms with Crippen molar-refractivity contribution in [1.82, 2.24) is 0 Å². The van der Waals surface area contributed by atoms with Gasteiger partial charge in [-0.2, -0.15) is 0 Å². The smallest absolute Gasteiger partial charge is 0.340 e. The third-order valence-corrected chi connectivity index (χ3v) is 5.74. The van der Waals surface area contributed by atoms with Crippen LogP contribution in [-0.4, -0.2) is 60.2 Å². The Morgan fingerprint density at radius 1 is 1.06 bits per heavy atom. The minimum Gasteiger partial charge on any atom is -0.492 e. The molecule has 0 spiro atoms. The van der Waals surface area contributed by atoms with E-state index in [-0.39, 0.29) is 32.5 Å². The molecule has 0 unspecified atom stereocenters. The average molecular weight is 461 g/mol. The summed E-state index contributed by atoms with van der Waals surface area (Å²) in [4.78, 5) is 12.7. The predicted molar refractivity (Wildman–Crippen MR) is 116 cm³/mol. The molecule has 0 aliphatic heterocycles. The first-order valence-electron chi connectivity index (χ1n) is 9.65. The number of rotatable bonds is 16. The van der Waals surface area contributed by atoms with Gasteiger partial charge in [-0.25, -0.2) is 0 Å². The van der Waals surface area contributed by atoms with E-state index < -0.39 is 19.7 Å². The van der Waals surface area contributed by atoms with Gasteiger partial charge in [-0.05, 0) is 20.3 Å². The molecule has 0 saturated carbocycles. The van der Waals surface area contributed by atoms with Crippen molar-refractivity contribution in [1.29, 1.82) is 0 Å². The molecule has 0 heterocycles. The van der Waals surface area contributed by atoms with E-state index in [9.17, 15) is 9.36 Å². The number of benzene rings is 1. The van der Waals surface area contributed by atoms with Gasteiger partial charge in [0.2, 0.25) is 5.91 Å². The molecule has 176 valence electrons. The van der Waals surface area contributed by atoms with Gasteiger partial charge < -0.3 is 38.0 Å². The van der Waals surface area contributed by atoms with E-state index in [2.05, 4.69) is 11.9 Å². The second-order valence-corrected chi connectivity index (χ2v) is 8.06. The van der Waals surface area contributed by atoms with Crippen molar-refractivity contribution >= 4 is 19.2 Å². The number of allylic oxidation sites excluding steroid dienone is 1. The van der Waals surface area contributed by atoms with E-state index in [1.54, 1.807) is 19.9 Å². The van der Waals surface area contributed by atoms with Crippen LogP contribution in [0.5, 0.6) is 17.2 Å². The number of amides is 1. The minimum atomic E-state index is -3.59. The SMILES string of the molecule is C=CCc1c(OCOC)c(NC(=O)CP(=O)(OCC)OCC)cc(OCOC)c1OC. The lowest BCUT2D eigenvalue weighted by Gasteiger charge is -2.22. The number of methoxy groups -OCH3 is 3. The number of hydrogen-bond acceptors (Lipinski definition) is 9. The van der Waals surface area contributed by atoms with Gasteiger partial charge in [-0.15, -0.1) is 6.58 Å². The number of nitrogens with one attached hydrogen (secondary N) is 1. The molecule has 0 aromatic heterocycles. The lowest BCUT2D eigenvalue weighted by atomic mass is 10.1. The van der Waals surface area contributed by atoms with Gasteiger partial charge in [0.15, 0.2) is 30.8 Å². The molecule has 31 heavy (non-hydrogen) atoms. The number of ether oxygens (including phenoxy) is 5. The third-order valence-electron chi connectivity index (χ3n) is 3.76.